The van der Waals surface area contributed by atoms with Crippen LogP contribution in [0.1, 0.15) is 31.2 Å². The zero-order chi connectivity index (χ0) is 17.8. The van der Waals surface area contributed by atoms with Crippen molar-refractivity contribution in [3.63, 3.8) is 0 Å². The average Bonchev–Trinajstić information content (AvgIpc) is 3.07. The molecule has 8 nitrogen and oxygen atoms in total. The predicted octanol–water partition coefficient (Wildman–Crippen LogP) is -0.395. The molecule has 1 atom stereocenters. The molecular weight excluding hydrogens is 324 g/mol. The summed E-state index contributed by atoms with van der Waals surface area (Å²) < 4.78 is 6.91. The summed E-state index contributed by atoms with van der Waals surface area (Å²) in [5, 5.41) is 2.99. The lowest BCUT2D eigenvalue weighted by Gasteiger charge is -2.33. The summed E-state index contributed by atoms with van der Waals surface area (Å²) in [4.78, 5) is 39.9. The van der Waals surface area contributed by atoms with Gasteiger partial charge in [0.15, 0.2) is 0 Å². The third-order valence-electron chi connectivity index (χ3n) is 4.94. The van der Waals surface area contributed by atoms with Crippen LogP contribution < -0.4 is 16.6 Å². The molecule has 25 heavy (non-hydrogen) atoms. The Kier molecular flexibility index (Phi) is 5.70. The number of amides is 1. The smallest absolute Gasteiger partial charge is 0.328 e. The number of likely N-dealkylation sites (tertiary alicyclic amines) is 1. The standard InChI is InChI=1S/C17H26N4O4/c1-12-9-21(17(24)19-16(12)23)11-15(22)18-13-4-6-20(7-5-13)10-14-3-2-8-25-14/h9,13-14H,2-8,10-11H2,1H3,(H,18,22)(H,19,23,24)/t14-/m0/s1. The van der Waals surface area contributed by atoms with Crippen LogP contribution in [0.5, 0.6) is 0 Å². The molecule has 2 fully saturated rings. The zero-order valence-electron chi connectivity index (χ0n) is 14.6. The molecule has 0 unspecified atom stereocenters. The molecule has 0 radical (unpaired) electrons. The largest absolute Gasteiger partial charge is 0.377 e. The molecule has 2 saturated heterocycles. The van der Waals surface area contributed by atoms with Crippen molar-refractivity contribution in [2.75, 3.05) is 26.2 Å². The quantitative estimate of drug-likeness (QED) is 0.754. The van der Waals surface area contributed by atoms with E-state index in [1.165, 1.54) is 10.8 Å². The topological polar surface area (TPSA) is 96.4 Å². The highest BCUT2D eigenvalue weighted by Gasteiger charge is 2.24. The van der Waals surface area contributed by atoms with Gasteiger partial charge in [0.1, 0.15) is 6.54 Å². The minimum Gasteiger partial charge on any atom is -0.377 e. The van der Waals surface area contributed by atoms with Gasteiger partial charge in [0.25, 0.3) is 5.56 Å². The van der Waals surface area contributed by atoms with Gasteiger partial charge in [-0.05, 0) is 32.6 Å². The maximum absolute atomic E-state index is 12.2. The van der Waals surface area contributed by atoms with E-state index in [-0.39, 0.29) is 18.5 Å². The minimum atomic E-state index is -0.558. The molecule has 0 bridgehead atoms. The second-order valence-corrected chi connectivity index (χ2v) is 6.98. The van der Waals surface area contributed by atoms with E-state index in [0.717, 1.165) is 51.9 Å². The SMILES string of the molecule is Cc1cn(CC(=O)NC2CCN(C[C@@H]3CCCO3)CC2)c(=O)[nH]c1=O. The van der Waals surface area contributed by atoms with E-state index in [1.54, 1.807) is 6.92 Å². The van der Waals surface area contributed by atoms with Crippen LogP contribution in [-0.4, -0.2) is 58.7 Å². The van der Waals surface area contributed by atoms with Gasteiger partial charge in [0.2, 0.25) is 5.91 Å². The summed E-state index contributed by atoms with van der Waals surface area (Å²) in [5.74, 6) is -0.203. The maximum atomic E-state index is 12.2. The molecule has 3 heterocycles. The summed E-state index contributed by atoms with van der Waals surface area (Å²) >= 11 is 0. The molecule has 1 amide bonds. The second-order valence-electron chi connectivity index (χ2n) is 6.98. The fraction of sp³-hybridized carbons (Fsp3) is 0.706. The normalized spacial score (nSPS) is 22.2. The number of piperidine rings is 1. The molecule has 8 heteroatoms. The average molecular weight is 350 g/mol. The highest BCUT2D eigenvalue weighted by atomic mass is 16.5. The Balaban J connectivity index is 1.45. The van der Waals surface area contributed by atoms with Gasteiger partial charge in [-0.1, -0.05) is 0 Å². The summed E-state index contributed by atoms with van der Waals surface area (Å²) in [6.45, 7) is 5.28. The fourth-order valence-electron chi connectivity index (χ4n) is 3.50. The highest BCUT2D eigenvalue weighted by Crippen LogP contribution is 2.16. The number of aromatic amines is 1. The number of hydrogen-bond acceptors (Lipinski definition) is 5. The number of carbonyl (C=O) groups is 1. The molecule has 2 aliphatic heterocycles. The number of nitrogens with zero attached hydrogens (tertiary/aromatic N) is 2. The van der Waals surface area contributed by atoms with Gasteiger partial charge in [0, 0.05) is 44.0 Å². The lowest BCUT2D eigenvalue weighted by atomic mass is 10.0. The first-order valence-electron chi connectivity index (χ1n) is 8.95. The highest BCUT2D eigenvalue weighted by molar-refractivity contribution is 5.76. The summed E-state index contributed by atoms with van der Waals surface area (Å²) in [5.41, 5.74) is -0.563. The number of aryl methyl sites for hydroxylation is 1. The number of ether oxygens (including phenoxy) is 1. The van der Waals surface area contributed by atoms with Crippen molar-refractivity contribution in [3.05, 3.63) is 32.6 Å². The van der Waals surface area contributed by atoms with E-state index in [4.69, 9.17) is 4.74 Å². The van der Waals surface area contributed by atoms with Crippen LogP contribution in [0.15, 0.2) is 15.8 Å². The number of nitrogens with one attached hydrogen (secondary N) is 2. The van der Waals surface area contributed by atoms with Gasteiger partial charge in [-0.2, -0.15) is 0 Å². The third-order valence-corrected chi connectivity index (χ3v) is 4.94. The predicted molar refractivity (Wildman–Crippen MR) is 92.6 cm³/mol. The summed E-state index contributed by atoms with van der Waals surface area (Å²) in [6, 6.07) is 0.132. The number of hydrogen-bond donors (Lipinski definition) is 2. The Labute approximate surface area is 146 Å². The Hall–Kier alpha value is -1.93. The van der Waals surface area contributed by atoms with Crippen LogP contribution >= 0.6 is 0 Å². The molecule has 0 saturated carbocycles. The van der Waals surface area contributed by atoms with E-state index < -0.39 is 11.2 Å². The van der Waals surface area contributed by atoms with Crippen molar-refractivity contribution in [2.45, 2.75) is 51.3 Å². The van der Waals surface area contributed by atoms with Gasteiger partial charge in [0.05, 0.1) is 6.10 Å². The van der Waals surface area contributed by atoms with Gasteiger partial charge >= 0.3 is 5.69 Å². The fourth-order valence-corrected chi connectivity index (χ4v) is 3.50. The molecule has 2 aliphatic rings. The molecule has 1 aromatic heterocycles. The van der Waals surface area contributed by atoms with E-state index in [9.17, 15) is 14.4 Å². The molecular formula is C17H26N4O4. The first-order chi connectivity index (χ1) is 12.0. The van der Waals surface area contributed by atoms with Crippen molar-refractivity contribution >= 4 is 5.91 Å². The molecule has 2 N–H and O–H groups in total. The molecule has 1 aromatic rings. The van der Waals surface area contributed by atoms with Crippen LogP contribution in [0, 0.1) is 6.92 Å². The van der Waals surface area contributed by atoms with Crippen molar-refractivity contribution in [1.29, 1.82) is 0 Å². The van der Waals surface area contributed by atoms with Gasteiger partial charge in [-0.15, -0.1) is 0 Å². The monoisotopic (exact) mass is 350 g/mol. The van der Waals surface area contributed by atoms with Crippen LogP contribution in [0.3, 0.4) is 0 Å². The lowest BCUT2D eigenvalue weighted by molar-refractivity contribution is -0.122. The summed E-state index contributed by atoms with van der Waals surface area (Å²) in [6.07, 6.45) is 5.88. The number of aromatic nitrogens is 2. The second kappa shape index (κ2) is 7.97. The van der Waals surface area contributed by atoms with Gasteiger partial charge in [-0.25, -0.2) is 4.79 Å². The van der Waals surface area contributed by atoms with Gasteiger partial charge in [-0.3, -0.25) is 19.1 Å². The van der Waals surface area contributed by atoms with Crippen molar-refractivity contribution in [1.82, 2.24) is 19.8 Å². The van der Waals surface area contributed by atoms with Crippen LogP contribution in [0.4, 0.5) is 0 Å². The minimum absolute atomic E-state index is 0.0768. The Morgan fingerprint density at radius 1 is 1.32 bits per heavy atom. The van der Waals surface area contributed by atoms with Crippen molar-refractivity contribution < 1.29 is 9.53 Å². The van der Waals surface area contributed by atoms with E-state index in [0.29, 0.717) is 11.7 Å². The molecule has 3 rings (SSSR count). The van der Waals surface area contributed by atoms with Crippen LogP contribution in [0.2, 0.25) is 0 Å². The Morgan fingerprint density at radius 3 is 2.76 bits per heavy atom. The first kappa shape index (κ1) is 17.9. The maximum Gasteiger partial charge on any atom is 0.328 e. The van der Waals surface area contributed by atoms with Crippen LogP contribution in [-0.2, 0) is 16.1 Å². The zero-order valence-corrected chi connectivity index (χ0v) is 14.6. The van der Waals surface area contributed by atoms with E-state index >= 15 is 0 Å². The number of rotatable bonds is 5. The van der Waals surface area contributed by atoms with Crippen molar-refractivity contribution in [2.24, 2.45) is 0 Å². The molecule has 0 spiro atoms. The summed E-state index contributed by atoms with van der Waals surface area (Å²) in [7, 11) is 0. The first-order valence-corrected chi connectivity index (χ1v) is 8.95. The lowest BCUT2D eigenvalue weighted by Crippen LogP contribution is -2.47. The van der Waals surface area contributed by atoms with Gasteiger partial charge < -0.3 is 15.0 Å². The molecule has 0 aromatic carbocycles. The Bertz CT molecular complexity index is 712. The third kappa shape index (κ3) is 4.79. The van der Waals surface area contributed by atoms with Crippen LogP contribution in [0.25, 0.3) is 0 Å². The van der Waals surface area contributed by atoms with E-state index in [1.807, 2.05) is 0 Å². The number of carbonyl (C=O) groups excluding carboxylic acids is 1. The molecule has 0 aliphatic carbocycles. The Morgan fingerprint density at radius 2 is 2.08 bits per heavy atom. The number of H-pyrrole nitrogens is 1. The molecule has 138 valence electrons. The van der Waals surface area contributed by atoms with Crippen molar-refractivity contribution in [3.8, 4) is 0 Å². The van der Waals surface area contributed by atoms with E-state index in [2.05, 4.69) is 15.2 Å².